The highest BCUT2D eigenvalue weighted by atomic mass is 32.2. The molecule has 0 radical (unpaired) electrons. The molecule has 3 rings (SSSR count). The van der Waals surface area contributed by atoms with Crippen LogP contribution < -0.4 is 9.46 Å². The second kappa shape index (κ2) is 9.37. The molecule has 32 heavy (non-hydrogen) atoms. The van der Waals surface area contributed by atoms with Gasteiger partial charge in [0.25, 0.3) is 0 Å². The molecule has 0 atom stereocenters. The van der Waals surface area contributed by atoms with Crippen LogP contribution in [0.5, 0.6) is 5.75 Å². The number of amides is 1. The van der Waals surface area contributed by atoms with Gasteiger partial charge in [0.15, 0.2) is 0 Å². The van der Waals surface area contributed by atoms with E-state index in [1.807, 2.05) is 0 Å². The second-order valence-corrected chi connectivity index (χ2v) is 8.99. The number of carboxylic acid groups (broad SMARTS) is 1. The zero-order valence-electron chi connectivity index (χ0n) is 17.2. The van der Waals surface area contributed by atoms with Gasteiger partial charge in [-0.25, -0.2) is 17.9 Å². The van der Waals surface area contributed by atoms with E-state index < -0.39 is 38.8 Å². The number of ether oxygens (including phenoxy) is 1. The Morgan fingerprint density at radius 3 is 2.44 bits per heavy atom. The number of likely N-dealkylation sites (tertiary alicyclic amines) is 1. The third-order valence-electron chi connectivity index (χ3n) is 5.16. The molecule has 1 amide bonds. The Balaban J connectivity index is 1.94. The molecular formula is C21H23F3N2O5S. The van der Waals surface area contributed by atoms with E-state index in [2.05, 4.69) is 4.72 Å². The lowest BCUT2D eigenvalue weighted by Gasteiger charge is -2.30. The van der Waals surface area contributed by atoms with Crippen LogP contribution in [0.25, 0.3) is 11.1 Å². The number of benzene rings is 2. The molecule has 174 valence electrons. The van der Waals surface area contributed by atoms with Gasteiger partial charge in [-0.2, -0.15) is 13.2 Å². The maximum Gasteiger partial charge on any atom is 0.417 e. The van der Waals surface area contributed by atoms with Crippen molar-refractivity contribution in [2.75, 3.05) is 19.7 Å². The second-order valence-electron chi connectivity index (χ2n) is 7.30. The first-order valence-electron chi connectivity index (χ1n) is 9.96. The van der Waals surface area contributed by atoms with Crippen LogP contribution in [-0.2, 0) is 16.2 Å². The molecule has 1 aliphatic rings. The predicted molar refractivity (Wildman–Crippen MR) is 111 cm³/mol. The van der Waals surface area contributed by atoms with E-state index in [9.17, 15) is 26.4 Å². The third-order valence-corrected chi connectivity index (χ3v) is 6.74. The molecule has 1 heterocycles. The number of halogens is 3. The largest absolute Gasteiger partial charge is 0.493 e. The summed E-state index contributed by atoms with van der Waals surface area (Å²) in [5, 5.41) is 8.99. The Kier molecular flexibility index (Phi) is 6.99. The van der Waals surface area contributed by atoms with Crippen LogP contribution in [0, 0.1) is 0 Å². The highest BCUT2D eigenvalue weighted by Gasteiger charge is 2.38. The average Bonchev–Trinajstić information content (AvgIpc) is 2.73. The van der Waals surface area contributed by atoms with Crippen molar-refractivity contribution >= 4 is 16.1 Å². The van der Waals surface area contributed by atoms with Crippen LogP contribution >= 0.6 is 0 Å². The quantitative estimate of drug-likeness (QED) is 0.657. The number of rotatable bonds is 6. The molecule has 0 unspecified atom stereocenters. The maximum absolute atomic E-state index is 13.8. The van der Waals surface area contributed by atoms with Crippen molar-refractivity contribution in [3.8, 4) is 16.9 Å². The molecule has 0 aliphatic carbocycles. The molecule has 0 aromatic heterocycles. The van der Waals surface area contributed by atoms with Gasteiger partial charge in [-0.15, -0.1) is 0 Å². The minimum Gasteiger partial charge on any atom is -0.493 e. The lowest BCUT2D eigenvalue weighted by atomic mass is 10.0. The Morgan fingerprint density at radius 2 is 1.84 bits per heavy atom. The number of sulfonamides is 1. The zero-order valence-corrected chi connectivity index (χ0v) is 18.0. The Labute approximate surface area is 183 Å². The van der Waals surface area contributed by atoms with Gasteiger partial charge < -0.3 is 14.7 Å². The van der Waals surface area contributed by atoms with Crippen LogP contribution in [0.3, 0.4) is 0 Å². The Morgan fingerprint density at radius 1 is 1.19 bits per heavy atom. The molecule has 1 fully saturated rings. The van der Waals surface area contributed by atoms with E-state index >= 15 is 0 Å². The van der Waals surface area contributed by atoms with Gasteiger partial charge in [0, 0.05) is 24.7 Å². The highest BCUT2D eigenvalue weighted by molar-refractivity contribution is 7.89. The lowest BCUT2D eigenvalue weighted by Crippen LogP contribution is -2.46. The summed E-state index contributed by atoms with van der Waals surface area (Å²) in [6.45, 7) is 2.27. The van der Waals surface area contributed by atoms with Gasteiger partial charge in [0.1, 0.15) is 5.75 Å². The predicted octanol–water partition coefficient (Wildman–Crippen LogP) is 4.19. The smallest absolute Gasteiger partial charge is 0.417 e. The number of hydrogen-bond donors (Lipinski definition) is 2. The van der Waals surface area contributed by atoms with E-state index in [0.717, 1.165) is 17.0 Å². The standard InChI is InChI=1S/C21H23F3N2O5S/c1-2-31-18-6-4-3-5-16(18)14-7-8-19(17(13-14)21(22,23)24)32(29,30)25-15-9-11-26(12-10-15)20(27)28/h3-8,13,15,25H,2,9-12H2,1H3,(H,27,28). The molecule has 0 saturated carbocycles. The van der Waals surface area contributed by atoms with Gasteiger partial charge in [0.05, 0.1) is 17.1 Å². The number of alkyl halides is 3. The number of carbonyl (C=O) groups is 1. The van der Waals surface area contributed by atoms with Crippen molar-refractivity contribution in [1.82, 2.24) is 9.62 Å². The van der Waals surface area contributed by atoms with E-state index in [1.165, 1.54) is 6.07 Å². The van der Waals surface area contributed by atoms with Gasteiger partial charge in [-0.1, -0.05) is 24.3 Å². The van der Waals surface area contributed by atoms with Crippen LogP contribution in [0.4, 0.5) is 18.0 Å². The van der Waals surface area contributed by atoms with Gasteiger partial charge in [-0.3, -0.25) is 0 Å². The summed E-state index contributed by atoms with van der Waals surface area (Å²) < 4.78 is 75.0. The minimum absolute atomic E-state index is 0.0990. The van der Waals surface area contributed by atoms with E-state index in [0.29, 0.717) is 17.9 Å². The normalized spacial score (nSPS) is 15.6. The molecule has 2 N–H and O–H groups in total. The molecule has 1 aliphatic heterocycles. The SMILES string of the molecule is CCOc1ccccc1-c1ccc(S(=O)(=O)NC2CCN(C(=O)O)CC2)c(C(F)(F)F)c1. The van der Waals surface area contributed by atoms with Crippen LogP contribution in [0.15, 0.2) is 47.4 Å². The summed E-state index contributed by atoms with van der Waals surface area (Å²) in [4.78, 5) is 11.3. The molecule has 1 saturated heterocycles. The summed E-state index contributed by atoms with van der Waals surface area (Å²) in [6.07, 6.45) is -5.68. The van der Waals surface area contributed by atoms with Gasteiger partial charge in [0.2, 0.25) is 10.0 Å². The van der Waals surface area contributed by atoms with Crippen LogP contribution in [-0.4, -0.2) is 50.3 Å². The highest BCUT2D eigenvalue weighted by Crippen LogP contribution is 2.39. The fourth-order valence-corrected chi connectivity index (χ4v) is 5.12. The lowest BCUT2D eigenvalue weighted by molar-refractivity contribution is -0.139. The van der Waals surface area contributed by atoms with E-state index in [1.54, 1.807) is 31.2 Å². The van der Waals surface area contributed by atoms with Crippen molar-refractivity contribution in [2.45, 2.75) is 36.9 Å². The maximum atomic E-state index is 13.8. The van der Waals surface area contributed by atoms with Crippen molar-refractivity contribution < 1.29 is 36.2 Å². The summed E-state index contributed by atoms with van der Waals surface area (Å²) in [7, 11) is -4.50. The molecule has 0 bridgehead atoms. The van der Waals surface area contributed by atoms with E-state index in [4.69, 9.17) is 9.84 Å². The Bertz CT molecular complexity index is 1080. The molecule has 2 aromatic carbocycles. The fraction of sp³-hybridized carbons (Fsp3) is 0.381. The molecule has 11 heteroatoms. The van der Waals surface area contributed by atoms with Gasteiger partial charge in [-0.05, 0) is 43.5 Å². The number of hydrogen-bond acceptors (Lipinski definition) is 4. The average molecular weight is 472 g/mol. The third kappa shape index (κ3) is 5.33. The fourth-order valence-electron chi connectivity index (χ4n) is 3.61. The van der Waals surface area contributed by atoms with Crippen LogP contribution in [0.1, 0.15) is 25.3 Å². The number of piperidine rings is 1. The number of nitrogens with one attached hydrogen (secondary N) is 1. The molecule has 0 spiro atoms. The molecular weight excluding hydrogens is 449 g/mol. The van der Waals surface area contributed by atoms with Crippen molar-refractivity contribution in [1.29, 1.82) is 0 Å². The first kappa shape index (κ1) is 23.9. The molecule has 2 aromatic rings. The van der Waals surface area contributed by atoms with Crippen molar-refractivity contribution in [2.24, 2.45) is 0 Å². The van der Waals surface area contributed by atoms with Gasteiger partial charge >= 0.3 is 12.3 Å². The van der Waals surface area contributed by atoms with E-state index in [-0.39, 0.29) is 31.5 Å². The first-order valence-corrected chi connectivity index (χ1v) is 11.4. The summed E-state index contributed by atoms with van der Waals surface area (Å²) in [5.41, 5.74) is -0.690. The van der Waals surface area contributed by atoms with Crippen LogP contribution in [0.2, 0.25) is 0 Å². The summed E-state index contributed by atoms with van der Waals surface area (Å²) in [5.74, 6) is 0.391. The summed E-state index contributed by atoms with van der Waals surface area (Å²) in [6, 6.07) is 8.97. The first-order chi connectivity index (χ1) is 15.0. The number of nitrogens with zero attached hydrogens (tertiary/aromatic N) is 1. The van der Waals surface area contributed by atoms with Crippen molar-refractivity contribution in [3.63, 3.8) is 0 Å². The topological polar surface area (TPSA) is 95.9 Å². The monoisotopic (exact) mass is 472 g/mol. The van der Waals surface area contributed by atoms with Crippen molar-refractivity contribution in [3.05, 3.63) is 48.0 Å². The Hall–Kier alpha value is -2.79. The zero-order chi connectivity index (χ0) is 23.5. The molecule has 7 nitrogen and oxygen atoms in total. The number of para-hydroxylation sites is 1. The minimum atomic E-state index is -4.91. The summed E-state index contributed by atoms with van der Waals surface area (Å²) >= 11 is 0.